The van der Waals surface area contributed by atoms with Gasteiger partial charge in [-0.05, 0) is 42.5 Å². The van der Waals surface area contributed by atoms with Crippen LogP contribution in [-0.2, 0) is 10.0 Å². The van der Waals surface area contributed by atoms with Crippen LogP contribution in [0.4, 0.5) is 5.69 Å². The molecule has 28 heavy (non-hydrogen) atoms. The van der Waals surface area contributed by atoms with Crippen LogP contribution in [0.15, 0.2) is 98.9 Å². The molecule has 0 unspecified atom stereocenters. The van der Waals surface area contributed by atoms with Crippen LogP contribution in [-0.4, -0.2) is 13.4 Å². The fraction of sp³-hybridized carbons (Fsp3) is 0. The molecule has 0 saturated heterocycles. The van der Waals surface area contributed by atoms with E-state index in [2.05, 4.69) is 25.6 Å². The second-order valence-corrected chi connectivity index (χ2v) is 8.64. The summed E-state index contributed by atoms with van der Waals surface area (Å²) in [6, 6.07) is 23.1. The van der Waals surface area contributed by atoms with Gasteiger partial charge in [0.25, 0.3) is 10.0 Å². The highest BCUT2D eigenvalue weighted by molar-refractivity contribution is 9.10. The highest BCUT2D eigenvalue weighted by Gasteiger charge is 2.15. The summed E-state index contributed by atoms with van der Waals surface area (Å²) in [5, 5.41) is 0. The molecule has 5 nitrogen and oxygen atoms in total. The summed E-state index contributed by atoms with van der Waals surface area (Å²) in [6.45, 7) is 0. The van der Waals surface area contributed by atoms with E-state index in [0.29, 0.717) is 17.1 Å². The molecule has 0 spiro atoms. The molecule has 1 heterocycles. The number of benzene rings is 3. The molecule has 4 aromatic rings. The van der Waals surface area contributed by atoms with Crippen molar-refractivity contribution in [3.63, 3.8) is 0 Å². The first-order valence-electron chi connectivity index (χ1n) is 8.41. The van der Waals surface area contributed by atoms with E-state index in [0.717, 1.165) is 15.7 Å². The molecule has 0 saturated carbocycles. The SMILES string of the molecule is O=S(=O)(Nc1cccc(-c2nc(-c3ccccc3)co2)c1)c1ccc(Br)cc1. The van der Waals surface area contributed by atoms with Crippen molar-refractivity contribution in [3.05, 3.63) is 89.6 Å². The quantitative estimate of drug-likeness (QED) is 0.427. The van der Waals surface area contributed by atoms with Gasteiger partial charge in [-0.25, -0.2) is 13.4 Å². The first kappa shape index (κ1) is 18.5. The van der Waals surface area contributed by atoms with Gasteiger partial charge in [0.2, 0.25) is 5.89 Å². The number of hydrogen-bond acceptors (Lipinski definition) is 4. The molecule has 0 bridgehead atoms. The zero-order valence-corrected chi connectivity index (χ0v) is 16.9. The van der Waals surface area contributed by atoms with Crippen molar-refractivity contribution in [1.29, 1.82) is 0 Å². The summed E-state index contributed by atoms with van der Waals surface area (Å²) >= 11 is 3.30. The van der Waals surface area contributed by atoms with Gasteiger partial charge in [0.1, 0.15) is 12.0 Å². The van der Waals surface area contributed by atoms with Crippen molar-refractivity contribution in [2.75, 3.05) is 4.72 Å². The standard InChI is InChI=1S/C21H15BrN2O3S/c22-17-9-11-19(12-10-17)28(25,26)24-18-8-4-7-16(13-18)21-23-20(14-27-21)15-5-2-1-3-6-15/h1-14,24H. The number of halogens is 1. The third kappa shape index (κ3) is 4.00. The van der Waals surface area contributed by atoms with E-state index in [4.69, 9.17) is 4.42 Å². The minimum Gasteiger partial charge on any atom is -0.444 e. The smallest absolute Gasteiger partial charge is 0.261 e. The predicted molar refractivity (Wildman–Crippen MR) is 112 cm³/mol. The molecule has 4 rings (SSSR count). The van der Waals surface area contributed by atoms with Crippen LogP contribution in [0.3, 0.4) is 0 Å². The zero-order valence-electron chi connectivity index (χ0n) is 14.5. The third-order valence-corrected chi connectivity index (χ3v) is 5.99. The van der Waals surface area contributed by atoms with E-state index < -0.39 is 10.0 Å². The van der Waals surface area contributed by atoms with E-state index in [1.54, 1.807) is 36.6 Å². The van der Waals surface area contributed by atoms with Crippen molar-refractivity contribution in [2.45, 2.75) is 4.90 Å². The van der Waals surface area contributed by atoms with Crippen molar-refractivity contribution < 1.29 is 12.8 Å². The number of nitrogens with zero attached hydrogens (tertiary/aromatic N) is 1. The number of aromatic nitrogens is 1. The van der Waals surface area contributed by atoms with Gasteiger partial charge < -0.3 is 4.42 Å². The van der Waals surface area contributed by atoms with E-state index in [-0.39, 0.29) is 4.90 Å². The molecular formula is C21H15BrN2O3S. The Morgan fingerprint density at radius 3 is 2.32 bits per heavy atom. The molecule has 7 heteroatoms. The third-order valence-electron chi connectivity index (χ3n) is 4.06. The van der Waals surface area contributed by atoms with E-state index in [1.807, 2.05) is 36.4 Å². The molecule has 3 aromatic carbocycles. The fourth-order valence-corrected chi connectivity index (χ4v) is 4.01. The van der Waals surface area contributed by atoms with Crippen LogP contribution in [0.2, 0.25) is 0 Å². The summed E-state index contributed by atoms with van der Waals surface area (Å²) in [5.74, 6) is 0.420. The Morgan fingerprint density at radius 2 is 1.57 bits per heavy atom. The first-order valence-corrected chi connectivity index (χ1v) is 10.7. The Morgan fingerprint density at radius 1 is 0.857 bits per heavy atom. The molecule has 0 aliphatic rings. The lowest BCUT2D eigenvalue weighted by atomic mass is 10.2. The fourth-order valence-electron chi connectivity index (χ4n) is 2.69. The van der Waals surface area contributed by atoms with Crippen molar-refractivity contribution in [3.8, 4) is 22.7 Å². The number of nitrogens with one attached hydrogen (secondary N) is 1. The number of rotatable bonds is 5. The largest absolute Gasteiger partial charge is 0.444 e. The Kier molecular flexibility index (Phi) is 5.02. The Bertz CT molecular complexity index is 1200. The average molecular weight is 455 g/mol. The summed E-state index contributed by atoms with van der Waals surface area (Å²) in [6.07, 6.45) is 1.59. The molecule has 0 amide bonds. The monoisotopic (exact) mass is 454 g/mol. The second-order valence-electron chi connectivity index (χ2n) is 6.04. The van der Waals surface area contributed by atoms with Crippen molar-refractivity contribution in [1.82, 2.24) is 4.98 Å². The number of sulfonamides is 1. The van der Waals surface area contributed by atoms with Gasteiger partial charge in [0, 0.05) is 21.3 Å². The first-order chi connectivity index (χ1) is 13.5. The van der Waals surface area contributed by atoms with Crippen LogP contribution < -0.4 is 4.72 Å². The van der Waals surface area contributed by atoms with Crippen LogP contribution in [0.25, 0.3) is 22.7 Å². The maximum atomic E-state index is 12.6. The number of hydrogen-bond donors (Lipinski definition) is 1. The van der Waals surface area contributed by atoms with Gasteiger partial charge in [0.05, 0.1) is 4.90 Å². The van der Waals surface area contributed by atoms with E-state index in [1.165, 1.54) is 12.1 Å². The van der Waals surface area contributed by atoms with Gasteiger partial charge in [0.15, 0.2) is 0 Å². The molecule has 0 aliphatic heterocycles. The highest BCUT2D eigenvalue weighted by atomic mass is 79.9. The van der Waals surface area contributed by atoms with Gasteiger partial charge in [-0.2, -0.15) is 0 Å². The molecule has 0 atom stereocenters. The van der Waals surface area contributed by atoms with Gasteiger partial charge >= 0.3 is 0 Å². The molecule has 0 radical (unpaired) electrons. The number of oxazole rings is 1. The molecular weight excluding hydrogens is 440 g/mol. The van der Waals surface area contributed by atoms with Crippen LogP contribution in [0, 0.1) is 0 Å². The Balaban J connectivity index is 1.60. The molecule has 140 valence electrons. The summed E-state index contributed by atoms with van der Waals surface area (Å²) in [7, 11) is -3.69. The summed E-state index contributed by atoms with van der Waals surface area (Å²) in [5.41, 5.74) is 2.78. The number of anilines is 1. The normalized spacial score (nSPS) is 11.3. The van der Waals surface area contributed by atoms with Gasteiger partial charge in [-0.15, -0.1) is 0 Å². The Labute approximate surface area is 171 Å². The average Bonchev–Trinajstić information content (AvgIpc) is 3.19. The van der Waals surface area contributed by atoms with Crippen LogP contribution in [0.1, 0.15) is 0 Å². The van der Waals surface area contributed by atoms with Gasteiger partial charge in [-0.1, -0.05) is 52.3 Å². The second kappa shape index (κ2) is 7.61. The van der Waals surface area contributed by atoms with E-state index >= 15 is 0 Å². The maximum Gasteiger partial charge on any atom is 0.261 e. The molecule has 1 aromatic heterocycles. The minimum atomic E-state index is -3.69. The predicted octanol–water partition coefficient (Wildman–Crippen LogP) is 5.57. The topological polar surface area (TPSA) is 72.2 Å². The minimum absolute atomic E-state index is 0.184. The molecule has 0 fully saturated rings. The maximum absolute atomic E-state index is 12.6. The van der Waals surface area contributed by atoms with Crippen molar-refractivity contribution >= 4 is 31.6 Å². The zero-order chi connectivity index (χ0) is 19.6. The van der Waals surface area contributed by atoms with Crippen LogP contribution >= 0.6 is 15.9 Å². The Hall–Kier alpha value is -2.90. The highest BCUT2D eigenvalue weighted by Crippen LogP contribution is 2.27. The van der Waals surface area contributed by atoms with E-state index in [9.17, 15) is 8.42 Å². The lowest BCUT2D eigenvalue weighted by Gasteiger charge is -2.09. The lowest BCUT2D eigenvalue weighted by Crippen LogP contribution is -2.12. The van der Waals surface area contributed by atoms with Gasteiger partial charge in [-0.3, -0.25) is 4.72 Å². The van der Waals surface area contributed by atoms with Crippen molar-refractivity contribution in [2.24, 2.45) is 0 Å². The summed E-state index contributed by atoms with van der Waals surface area (Å²) < 4.78 is 34.2. The molecule has 1 N–H and O–H groups in total. The molecule has 0 aliphatic carbocycles. The summed E-state index contributed by atoms with van der Waals surface area (Å²) in [4.78, 5) is 4.69. The van der Waals surface area contributed by atoms with Crippen LogP contribution in [0.5, 0.6) is 0 Å². The lowest BCUT2D eigenvalue weighted by molar-refractivity contribution is 0.575.